The second-order valence-electron chi connectivity index (χ2n) is 5.82. The quantitative estimate of drug-likeness (QED) is 0.263. The van der Waals surface area contributed by atoms with Gasteiger partial charge >= 0.3 is 0 Å². The molecule has 0 aliphatic carbocycles. The van der Waals surface area contributed by atoms with E-state index in [0.717, 1.165) is 12.8 Å². The molecule has 0 saturated heterocycles. The van der Waals surface area contributed by atoms with E-state index in [0.29, 0.717) is 6.42 Å². The summed E-state index contributed by atoms with van der Waals surface area (Å²) in [6, 6.07) is 0. The van der Waals surface area contributed by atoms with Crippen LogP contribution in [0.1, 0.15) is 96.8 Å². The fraction of sp³-hybridized carbons (Fsp3) is 0.833. The first-order valence-corrected chi connectivity index (χ1v) is 9.19. The Labute approximate surface area is 137 Å². The molecule has 0 aliphatic rings. The SMILES string of the molecule is CCCCCCCCC=CCCCCCCCC(=O)N=S. The van der Waals surface area contributed by atoms with Crippen LogP contribution in [0.15, 0.2) is 16.5 Å². The van der Waals surface area contributed by atoms with Crippen LogP contribution in [0.2, 0.25) is 0 Å². The minimum atomic E-state index is -0.136. The van der Waals surface area contributed by atoms with Gasteiger partial charge in [-0.05, 0) is 32.1 Å². The minimum Gasteiger partial charge on any atom is -0.272 e. The molecule has 21 heavy (non-hydrogen) atoms. The summed E-state index contributed by atoms with van der Waals surface area (Å²) in [5, 5.41) is 0. The molecule has 0 aromatic heterocycles. The Balaban J connectivity index is 3.11. The van der Waals surface area contributed by atoms with Gasteiger partial charge in [0.05, 0.1) is 0 Å². The molecule has 0 unspecified atom stereocenters. The van der Waals surface area contributed by atoms with E-state index in [2.05, 4.69) is 35.9 Å². The van der Waals surface area contributed by atoms with Gasteiger partial charge in [-0.15, -0.1) is 4.36 Å². The zero-order chi connectivity index (χ0) is 15.6. The summed E-state index contributed by atoms with van der Waals surface area (Å²) in [7, 11) is 0. The highest BCUT2D eigenvalue weighted by Gasteiger charge is 1.97. The third-order valence-corrected chi connectivity index (χ3v) is 3.96. The van der Waals surface area contributed by atoms with Gasteiger partial charge in [0.25, 0.3) is 5.91 Å². The topological polar surface area (TPSA) is 29.4 Å². The molecule has 0 aromatic carbocycles. The summed E-state index contributed by atoms with van der Waals surface area (Å²) in [6.45, 7) is 2.26. The Morgan fingerprint density at radius 2 is 1.29 bits per heavy atom. The van der Waals surface area contributed by atoms with Gasteiger partial charge in [-0.25, -0.2) is 0 Å². The van der Waals surface area contributed by atoms with Crippen molar-refractivity contribution in [3.05, 3.63) is 12.2 Å². The summed E-state index contributed by atoms with van der Waals surface area (Å²) < 4.78 is 3.23. The molecular weight excluding hydrogens is 278 g/mol. The van der Waals surface area contributed by atoms with Gasteiger partial charge < -0.3 is 0 Å². The van der Waals surface area contributed by atoms with Crippen LogP contribution in [0.5, 0.6) is 0 Å². The number of nitrogens with zero attached hydrogens (tertiary/aromatic N) is 1. The Kier molecular flexibility index (Phi) is 17.0. The maximum atomic E-state index is 10.9. The minimum absolute atomic E-state index is 0.136. The fourth-order valence-corrected chi connectivity index (χ4v) is 2.48. The molecule has 0 rings (SSSR count). The lowest BCUT2D eigenvalue weighted by atomic mass is 10.1. The maximum absolute atomic E-state index is 10.9. The van der Waals surface area contributed by atoms with E-state index in [1.165, 1.54) is 70.6 Å². The number of allylic oxidation sites excluding steroid dienone is 2. The van der Waals surface area contributed by atoms with Crippen molar-refractivity contribution in [3.63, 3.8) is 0 Å². The molecule has 0 aliphatic heterocycles. The molecular formula is C18H33NOS. The van der Waals surface area contributed by atoms with Crippen LogP contribution in [0, 0.1) is 0 Å². The molecule has 0 atom stereocenters. The molecule has 0 heterocycles. The number of amides is 1. The molecule has 0 N–H and O–H groups in total. The van der Waals surface area contributed by atoms with Crippen molar-refractivity contribution < 1.29 is 4.79 Å². The van der Waals surface area contributed by atoms with Gasteiger partial charge in [-0.1, -0.05) is 70.4 Å². The van der Waals surface area contributed by atoms with Gasteiger partial charge in [0.1, 0.15) is 0 Å². The van der Waals surface area contributed by atoms with E-state index < -0.39 is 0 Å². The highest BCUT2D eigenvalue weighted by atomic mass is 32.1. The number of hydrogen-bond acceptors (Lipinski definition) is 2. The summed E-state index contributed by atoms with van der Waals surface area (Å²) in [4.78, 5) is 10.9. The molecule has 3 heteroatoms. The summed E-state index contributed by atoms with van der Waals surface area (Å²) >= 11 is 4.35. The Bertz CT molecular complexity index is 276. The predicted octanol–water partition coefficient (Wildman–Crippen LogP) is 6.28. The van der Waals surface area contributed by atoms with Crippen LogP contribution >= 0.6 is 0 Å². The highest BCUT2D eigenvalue weighted by molar-refractivity contribution is 7.47. The number of carbonyl (C=O) groups is 1. The molecule has 0 saturated carbocycles. The summed E-state index contributed by atoms with van der Waals surface area (Å²) in [6.07, 6.45) is 21.8. The van der Waals surface area contributed by atoms with Crippen molar-refractivity contribution in [1.82, 2.24) is 0 Å². The van der Waals surface area contributed by atoms with Crippen LogP contribution in [0.4, 0.5) is 0 Å². The molecule has 0 bridgehead atoms. The van der Waals surface area contributed by atoms with Gasteiger partial charge in [-0.3, -0.25) is 4.79 Å². The van der Waals surface area contributed by atoms with Crippen molar-refractivity contribution in [3.8, 4) is 0 Å². The van der Waals surface area contributed by atoms with Crippen molar-refractivity contribution >= 4 is 18.3 Å². The van der Waals surface area contributed by atoms with Gasteiger partial charge in [0.15, 0.2) is 0 Å². The molecule has 0 fully saturated rings. The predicted molar refractivity (Wildman–Crippen MR) is 94.3 cm³/mol. The normalized spacial score (nSPS) is 11.1. The largest absolute Gasteiger partial charge is 0.272 e. The zero-order valence-corrected chi connectivity index (χ0v) is 14.6. The molecule has 0 radical (unpaired) electrons. The molecule has 0 aromatic rings. The van der Waals surface area contributed by atoms with E-state index >= 15 is 0 Å². The fourth-order valence-electron chi connectivity index (χ4n) is 2.39. The molecule has 2 nitrogen and oxygen atoms in total. The van der Waals surface area contributed by atoms with Crippen molar-refractivity contribution in [1.29, 1.82) is 0 Å². The monoisotopic (exact) mass is 311 g/mol. The Hall–Kier alpha value is -0.570. The van der Waals surface area contributed by atoms with Crippen LogP contribution in [0.3, 0.4) is 0 Å². The van der Waals surface area contributed by atoms with Crippen molar-refractivity contribution in [2.45, 2.75) is 96.8 Å². The van der Waals surface area contributed by atoms with E-state index in [4.69, 9.17) is 0 Å². The second-order valence-corrected chi connectivity index (χ2v) is 6.00. The van der Waals surface area contributed by atoms with Crippen LogP contribution < -0.4 is 0 Å². The average molecular weight is 312 g/mol. The Morgan fingerprint density at radius 1 is 0.810 bits per heavy atom. The first-order chi connectivity index (χ1) is 10.3. The van der Waals surface area contributed by atoms with Crippen molar-refractivity contribution in [2.24, 2.45) is 4.36 Å². The number of rotatable bonds is 15. The molecule has 0 spiro atoms. The lowest BCUT2D eigenvalue weighted by Crippen LogP contribution is -1.90. The van der Waals surface area contributed by atoms with Crippen LogP contribution in [-0.4, -0.2) is 5.91 Å². The van der Waals surface area contributed by atoms with Crippen LogP contribution in [-0.2, 0) is 17.2 Å². The van der Waals surface area contributed by atoms with Gasteiger partial charge in [0, 0.05) is 18.8 Å². The first kappa shape index (κ1) is 20.4. The number of carbonyl (C=O) groups excluding carboxylic acids is 1. The average Bonchev–Trinajstić information content (AvgIpc) is 2.50. The smallest absolute Gasteiger partial charge is 0.256 e. The third-order valence-electron chi connectivity index (χ3n) is 3.75. The lowest BCUT2D eigenvalue weighted by Gasteiger charge is -1.99. The van der Waals surface area contributed by atoms with E-state index in [9.17, 15) is 4.79 Å². The maximum Gasteiger partial charge on any atom is 0.256 e. The standard InChI is InChI=1S/C18H33NOS/c1-2-3-4-5-6-7-8-9-10-11-12-13-14-15-16-17-18(20)19-21/h9-10H,2-8,11-17H2,1H3. The number of hydrogen-bond donors (Lipinski definition) is 0. The molecule has 122 valence electrons. The zero-order valence-electron chi connectivity index (χ0n) is 13.8. The van der Waals surface area contributed by atoms with E-state index in [-0.39, 0.29) is 5.91 Å². The first-order valence-electron chi connectivity index (χ1n) is 8.82. The summed E-state index contributed by atoms with van der Waals surface area (Å²) in [5.74, 6) is -0.136. The third kappa shape index (κ3) is 17.4. The van der Waals surface area contributed by atoms with E-state index in [1.54, 1.807) is 0 Å². The Morgan fingerprint density at radius 3 is 1.81 bits per heavy atom. The van der Waals surface area contributed by atoms with Gasteiger partial charge in [-0.2, -0.15) is 0 Å². The summed E-state index contributed by atoms with van der Waals surface area (Å²) in [5.41, 5.74) is 0. The molecule has 1 amide bonds. The highest BCUT2D eigenvalue weighted by Crippen LogP contribution is 2.10. The lowest BCUT2D eigenvalue weighted by molar-refractivity contribution is -0.117. The second kappa shape index (κ2) is 17.5. The van der Waals surface area contributed by atoms with Gasteiger partial charge in [0.2, 0.25) is 0 Å². The number of unbranched alkanes of at least 4 members (excludes halogenated alkanes) is 11. The van der Waals surface area contributed by atoms with E-state index in [1.807, 2.05) is 0 Å². The van der Waals surface area contributed by atoms with Crippen molar-refractivity contribution in [2.75, 3.05) is 0 Å². The van der Waals surface area contributed by atoms with Crippen LogP contribution in [0.25, 0.3) is 0 Å².